The number of aryl methyl sites for hydroxylation is 2. The third-order valence-electron chi connectivity index (χ3n) is 5.26. The van der Waals surface area contributed by atoms with Crippen molar-refractivity contribution in [3.63, 3.8) is 0 Å². The van der Waals surface area contributed by atoms with E-state index < -0.39 is 0 Å². The lowest BCUT2D eigenvalue weighted by Crippen LogP contribution is -2.18. The molecule has 0 bridgehead atoms. The van der Waals surface area contributed by atoms with Crippen LogP contribution in [0.1, 0.15) is 84.3 Å². The highest BCUT2D eigenvalue weighted by Crippen LogP contribution is 2.19. The van der Waals surface area contributed by atoms with E-state index in [0.29, 0.717) is 5.82 Å². The quantitative estimate of drug-likeness (QED) is 0.123. The van der Waals surface area contributed by atoms with Crippen molar-refractivity contribution in [2.75, 3.05) is 18.4 Å². The summed E-state index contributed by atoms with van der Waals surface area (Å²) in [6.07, 6.45) is 22.7. The Labute approximate surface area is 223 Å². The van der Waals surface area contributed by atoms with E-state index in [9.17, 15) is 0 Å². The fourth-order valence-electron chi connectivity index (χ4n) is 3.28. The molecule has 0 atom stereocenters. The maximum Gasteiger partial charge on any atom is 0.100 e. The van der Waals surface area contributed by atoms with Gasteiger partial charge in [0, 0.05) is 11.4 Å². The molecule has 0 unspecified atom stereocenters. The van der Waals surface area contributed by atoms with Gasteiger partial charge in [0.25, 0.3) is 0 Å². The molecule has 0 spiro atoms. The van der Waals surface area contributed by atoms with E-state index in [-0.39, 0.29) is 0 Å². The van der Waals surface area contributed by atoms with Crippen LogP contribution < -0.4 is 16.0 Å². The number of unbranched alkanes of at least 4 members (excludes halogenated alkanes) is 3. The zero-order chi connectivity index (χ0) is 27.8. The molecule has 0 saturated heterocycles. The van der Waals surface area contributed by atoms with Gasteiger partial charge in [-0.25, -0.2) is 0 Å². The molecule has 0 fully saturated rings. The average molecular weight is 492 g/mol. The zero-order valence-electron chi connectivity index (χ0n) is 24.1. The van der Waals surface area contributed by atoms with Crippen LogP contribution in [0.15, 0.2) is 78.8 Å². The molecule has 36 heavy (non-hydrogen) atoms. The molecule has 0 saturated carbocycles. The SMILES string of the molecule is C#C.C=C/C(=C\C=C(C)C)C(=C)NC(=C)Nc1ccc(CCCCCC)c(C)c1.CCCNCCC. The minimum Gasteiger partial charge on any atom is -0.342 e. The van der Waals surface area contributed by atoms with Crippen LogP contribution in [0.4, 0.5) is 5.69 Å². The second-order valence-corrected chi connectivity index (χ2v) is 8.98. The summed E-state index contributed by atoms with van der Waals surface area (Å²) in [5.74, 6) is 0.694. The summed E-state index contributed by atoms with van der Waals surface area (Å²) >= 11 is 0. The fourth-order valence-corrected chi connectivity index (χ4v) is 3.28. The topological polar surface area (TPSA) is 36.1 Å². The van der Waals surface area contributed by atoms with Gasteiger partial charge >= 0.3 is 0 Å². The Kier molecular flexibility index (Phi) is 23.2. The molecular weight excluding hydrogens is 438 g/mol. The molecule has 1 aromatic carbocycles. The van der Waals surface area contributed by atoms with E-state index in [0.717, 1.165) is 23.4 Å². The largest absolute Gasteiger partial charge is 0.342 e. The molecule has 0 aromatic heterocycles. The van der Waals surface area contributed by atoms with E-state index in [4.69, 9.17) is 0 Å². The number of anilines is 1. The number of rotatable bonds is 16. The molecule has 3 N–H and O–H groups in total. The van der Waals surface area contributed by atoms with Crippen LogP contribution >= 0.6 is 0 Å². The summed E-state index contributed by atoms with van der Waals surface area (Å²) < 4.78 is 0. The van der Waals surface area contributed by atoms with Crippen LogP contribution in [0, 0.1) is 19.8 Å². The predicted octanol–water partition coefficient (Wildman–Crippen LogP) is 8.83. The number of benzene rings is 1. The van der Waals surface area contributed by atoms with Crippen LogP contribution in [-0.2, 0) is 6.42 Å². The van der Waals surface area contributed by atoms with E-state index in [1.807, 2.05) is 12.2 Å². The summed E-state index contributed by atoms with van der Waals surface area (Å²) in [7, 11) is 0. The van der Waals surface area contributed by atoms with Crippen molar-refractivity contribution < 1.29 is 0 Å². The number of hydrogen-bond acceptors (Lipinski definition) is 3. The van der Waals surface area contributed by atoms with Gasteiger partial charge in [0.1, 0.15) is 5.82 Å². The second kappa shape index (κ2) is 23.8. The van der Waals surface area contributed by atoms with Gasteiger partial charge in [-0.3, -0.25) is 0 Å². The van der Waals surface area contributed by atoms with Crippen molar-refractivity contribution in [1.82, 2.24) is 10.6 Å². The van der Waals surface area contributed by atoms with Gasteiger partial charge in [0.05, 0.1) is 0 Å². The lowest BCUT2D eigenvalue weighted by Gasteiger charge is -2.16. The van der Waals surface area contributed by atoms with E-state index in [1.54, 1.807) is 6.08 Å². The minimum atomic E-state index is 0.694. The molecule has 200 valence electrons. The Bertz CT molecular complexity index is 832. The van der Waals surface area contributed by atoms with Gasteiger partial charge in [-0.1, -0.05) is 89.6 Å². The molecule has 0 amide bonds. The first-order valence-corrected chi connectivity index (χ1v) is 13.3. The monoisotopic (exact) mass is 491 g/mol. The van der Waals surface area contributed by atoms with Gasteiger partial charge in [0.15, 0.2) is 0 Å². The van der Waals surface area contributed by atoms with E-state index in [1.165, 1.54) is 68.3 Å². The van der Waals surface area contributed by atoms with Crippen LogP contribution in [0.3, 0.4) is 0 Å². The highest BCUT2D eigenvalue weighted by Gasteiger charge is 2.04. The number of hydrogen-bond donors (Lipinski definition) is 3. The van der Waals surface area contributed by atoms with E-state index in [2.05, 4.69) is 108 Å². The van der Waals surface area contributed by atoms with Crippen molar-refractivity contribution in [2.45, 2.75) is 86.5 Å². The zero-order valence-corrected chi connectivity index (χ0v) is 24.1. The highest BCUT2D eigenvalue weighted by atomic mass is 15.1. The van der Waals surface area contributed by atoms with Crippen LogP contribution in [0.25, 0.3) is 0 Å². The first-order chi connectivity index (χ1) is 17.3. The number of nitrogens with one attached hydrogen (secondary N) is 3. The molecule has 3 nitrogen and oxygen atoms in total. The Morgan fingerprint density at radius 3 is 2.06 bits per heavy atom. The molecule has 1 rings (SSSR count). The predicted molar refractivity (Wildman–Crippen MR) is 165 cm³/mol. The Hall–Kier alpha value is -2.96. The molecular formula is C33H53N3. The number of terminal acetylenes is 1. The van der Waals surface area contributed by atoms with Gasteiger partial charge in [-0.05, 0) is 88.4 Å². The highest BCUT2D eigenvalue weighted by molar-refractivity contribution is 5.52. The minimum absolute atomic E-state index is 0.694. The van der Waals surface area contributed by atoms with Crippen molar-refractivity contribution in [3.8, 4) is 12.8 Å². The average Bonchev–Trinajstić information content (AvgIpc) is 2.85. The fraction of sp³-hybridized carbons (Fsp3) is 0.455. The summed E-state index contributed by atoms with van der Waals surface area (Å²) in [5.41, 5.74) is 6.71. The maximum atomic E-state index is 4.09. The van der Waals surface area contributed by atoms with Gasteiger partial charge in [-0.2, -0.15) is 0 Å². The molecule has 0 aliphatic rings. The van der Waals surface area contributed by atoms with Gasteiger partial charge < -0.3 is 16.0 Å². The smallest absolute Gasteiger partial charge is 0.100 e. The van der Waals surface area contributed by atoms with Crippen molar-refractivity contribution in [3.05, 3.63) is 90.0 Å². The summed E-state index contributed by atoms with van der Waals surface area (Å²) in [4.78, 5) is 0. The normalized spacial score (nSPS) is 10.1. The first kappa shape index (κ1) is 35.2. The lowest BCUT2D eigenvalue weighted by molar-refractivity contribution is 0.662. The Balaban J connectivity index is 0. The van der Waals surface area contributed by atoms with Crippen LogP contribution in [-0.4, -0.2) is 13.1 Å². The Morgan fingerprint density at radius 2 is 1.56 bits per heavy atom. The van der Waals surface area contributed by atoms with Crippen molar-refractivity contribution in [2.24, 2.45) is 0 Å². The summed E-state index contributed by atoms with van der Waals surface area (Å²) in [6, 6.07) is 6.51. The molecule has 0 heterocycles. The molecule has 0 aliphatic heterocycles. The standard InChI is InChI=1S/C25H36N2.C6H15N.C2H2/c1-8-10-11-12-13-24-16-17-25(18-20(24)5)27-22(7)26-21(6)23(9-2)15-14-19(3)4;1-3-5-7-6-4-2;1-2/h9,14-18,26-27H,2,6-8,10-13H2,1,3-5H3;7H,3-6H2,1-2H3;1-2H/b23-15+;;. The Morgan fingerprint density at radius 1 is 0.917 bits per heavy atom. The van der Waals surface area contributed by atoms with Gasteiger partial charge in [0.2, 0.25) is 0 Å². The summed E-state index contributed by atoms with van der Waals surface area (Å²) in [6.45, 7) is 27.3. The molecule has 1 aromatic rings. The maximum absolute atomic E-state index is 4.09. The van der Waals surface area contributed by atoms with Crippen molar-refractivity contribution in [1.29, 1.82) is 0 Å². The lowest BCUT2D eigenvalue weighted by atomic mass is 10.0. The van der Waals surface area contributed by atoms with Gasteiger partial charge in [-0.15, -0.1) is 12.8 Å². The molecule has 3 heteroatoms. The van der Waals surface area contributed by atoms with Crippen LogP contribution in [0.2, 0.25) is 0 Å². The van der Waals surface area contributed by atoms with Crippen molar-refractivity contribution >= 4 is 5.69 Å². The van der Waals surface area contributed by atoms with E-state index >= 15 is 0 Å². The third-order valence-corrected chi connectivity index (χ3v) is 5.26. The second-order valence-electron chi connectivity index (χ2n) is 8.98. The number of allylic oxidation sites excluding steroid dienone is 4. The summed E-state index contributed by atoms with van der Waals surface area (Å²) in [5, 5.41) is 9.82. The molecule has 0 radical (unpaired) electrons. The first-order valence-electron chi connectivity index (χ1n) is 13.3. The van der Waals surface area contributed by atoms with Crippen LogP contribution in [0.5, 0.6) is 0 Å². The molecule has 0 aliphatic carbocycles. The third kappa shape index (κ3) is 18.4.